The number of hydrogen-bond acceptors (Lipinski definition) is 4. The molecule has 3 amide bonds. The Kier molecular flexibility index (Phi) is 8.36. The zero-order valence-corrected chi connectivity index (χ0v) is 16.8. The molecule has 7 nitrogen and oxygen atoms in total. The average molecular weight is 396 g/mol. The van der Waals surface area contributed by atoms with Crippen LogP contribution in [-0.4, -0.2) is 36.9 Å². The highest BCUT2D eigenvalue weighted by atomic mass is 16.2. The van der Waals surface area contributed by atoms with E-state index in [1.165, 1.54) is 0 Å². The van der Waals surface area contributed by atoms with E-state index < -0.39 is 6.04 Å². The third-order valence-electron chi connectivity index (χ3n) is 4.42. The first kappa shape index (κ1) is 22.1. The summed E-state index contributed by atoms with van der Waals surface area (Å²) in [6, 6.07) is 15.8. The monoisotopic (exact) mass is 396 g/mol. The van der Waals surface area contributed by atoms with Gasteiger partial charge in [0.2, 0.25) is 11.8 Å². The van der Waals surface area contributed by atoms with Crippen molar-refractivity contribution in [1.82, 2.24) is 10.6 Å². The zero-order chi connectivity index (χ0) is 21.2. The molecule has 0 aromatic heterocycles. The van der Waals surface area contributed by atoms with Gasteiger partial charge in [0.1, 0.15) is 0 Å². The van der Waals surface area contributed by atoms with Crippen LogP contribution in [0.5, 0.6) is 0 Å². The van der Waals surface area contributed by atoms with E-state index in [0.717, 1.165) is 12.0 Å². The molecule has 2 rings (SSSR count). The van der Waals surface area contributed by atoms with Crippen molar-refractivity contribution in [3.8, 4) is 0 Å². The molecule has 0 aliphatic carbocycles. The van der Waals surface area contributed by atoms with Crippen molar-refractivity contribution in [1.29, 1.82) is 0 Å². The van der Waals surface area contributed by atoms with Crippen LogP contribution in [0.3, 0.4) is 0 Å². The van der Waals surface area contributed by atoms with Crippen LogP contribution in [0.2, 0.25) is 0 Å². The summed E-state index contributed by atoms with van der Waals surface area (Å²) < 4.78 is 0. The fraction of sp³-hybridized carbons (Fsp3) is 0.318. The van der Waals surface area contributed by atoms with E-state index in [1.54, 1.807) is 24.3 Å². The summed E-state index contributed by atoms with van der Waals surface area (Å²) >= 11 is 0. The van der Waals surface area contributed by atoms with Crippen LogP contribution in [0.1, 0.15) is 29.8 Å². The number of carbonyl (C=O) groups excluding carboxylic acids is 3. The van der Waals surface area contributed by atoms with Crippen molar-refractivity contribution in [2.45, 2.75) is 26.3 Å². The largest absolute Gasteiger partial charge is 0.352 e. The lowest BCUT2D eigenvalue weighted by Crippen LogP contribution is -2.46. The van der Waals surface area contributed by atoms with Crippen LogP contribution < -0.4 is 21.7 Å². The van der Waals surface area contributed by atoms with Gasteiger partial charge in [-0.2, -0.15) is 0 Å². The van der Waals surface area contributed by atoms with E-state index in [2.05, 4.69) is 16.0 Å². The fourth-order valence-electron chi connectivity index (χ4n) is 2.57. The molecular weight excluding hydrogens is 368 g/mol. The molecule has 7 heteroatoms. The number of benzene rings is 2. The van der Waals surface area contributed by atoms with E-state index in [4.69, 9.17) is 5.73 Å². The number of nitrogens with two attached hydrogens (primary N) is 1. The van der Waals surface area contributed by atoms with Crippen LogP contribution in [0.4, 0.5) is 5.69 Å². The maximum atomic E-state index is 12.2. The second kappa shape index (κ2) is 11.0. The number of carbonyl (C=O) groups is 3. The normalized spacial score (nSPS) is 11.6. The first-order valence-corrected chi connectivity index (χ1v) is 9.62. The van der Waals surface area contributed by atoms with Gasteiger partial charge in [-0.15, -0.1) is 0 Å². The number of hydrogen-bond donors (Lipinski definition) is 4. The van der Waals surface area contributed by atoms with Crippen LogP contribution >= 0.6 is 0 Å². The Bertz CT molecular complexity index is 820. The minimum Gasteiger partial charge on any atom is -0.352 e. The molecule has 154 valence electrons. The molecule has 0 aliphatic rings. The molecule has 0 unspecified atom stereocenters. The topological polar surface area (TPSA) is 113 Å². The highest BCUT2D eigenvalue weighted by Crippen LogP contribution is 2.09. The van der Waals surface area contributed by atoms with Gasteiger partial charge in [0, 0.05) is 17.8 Å². The zero-order valence-electron chi connectivity index (χ0n) is 16.8. The fourth-order valence-corrected chi connectivity index (χ4v) is 2.57. The molecule has 0 bridgehead atoms. The third-order valence-corrected chi connectivity index (χ3v) is 4.42. The van der Waals surface area contributed by atoms with E-state index in [0.29, 0.717) is 17.8 Å². The first-order valence-electron chi connectivity index (χ1n) is 9.62. The van der Waals surface area contributed by atoms with Gasteiger partial charge in [-0.25, -0.2) is 0 Å². The molecule has 0 saturated carbocycles. The first-order chi connectivity index (χ1) is 13.9. The average Bonchev–Trinajstić information content (AvgIpc) is 2.72. The SMILES string of the molecule is CC(C)[C@H](N)C(=O)NCC(=O)Nc1ccc(C(=O)NCCc2ccccc2)cc1. The molecule has 0 heterocycles. The molecule has 5 N–H and O–H groups in total. The van der Waals surface area contributed by atoms with Crippen LogP contribution in [-0.2, 0) is 16.0 Å². The minimum atomic E-state index is -0.650. The van der Waals surface area contributed by atoms with Crippen molar-refractivity contribution >= 4 is 23.4 Å². The Balaban J connectivity index is 1.76. The molecule has 0 radical (unpaired) electrons. The highest BCUT2D eigenvalue weighted by Gasteiger charge is 2.17. The summed E-state index contributed by atoms with van der Waals surface area (Å²) in [5.74, 6) is -0.912. The van der Waals surface area contributed by atoms with Crippen molar-refractivity contribution in [2.75, 3.05) is 18.4 Å². The standard InChI is InChI=1S/C22H28N4O3/c1-15(2)20(23)22(29)25-14-19(27)26-18-10-8-17(9-11-18)21(28)24-13-12-16-6-4-3-5-7-16/h3-11,15,20H,12-14,23H2,1-2H3,(H,24,28)(H,25,29)(H,26,27)/t20-/m0/s1. The van der Waals surface area contributed by atoms with Crippen molar-refractivity contribution in [2.24, 2.45) is 11.7 Å². The number of rotatable bonds is 9. The Morgan fingerprint density at radius 3 is 2.21 bits per heavy atom. The van der Waals surface area contributed by atoms with Crippen LogP contribution in [0.25, 0.3) is 0 Å². The van der Waals surface area contributed by atoms with E-state index in [-0.39, 0.29) is 30.2 Å². The van der Waals surface area contributed by atoms with E-state index in [1.807, 2.05) is 44.2 Å². The number of nitrogens with one attached hydrogen (secondary N) is 3. The Labute approximate surface area is 171 Å². The van der Waals surface area contributed by atoms with Gasteiger partial charge in [-0.1, -0.05) is 44.2 Å². The van der Waals surface area contributed by atoms with Gasteiger partial charge >= 0.3 is 0 Å². The number of amides is 3. The second-order valence-corrected chi connectivity index (χ2v) is 7.10. The summed E-state index contributed by atoms with van der Waals surface area (Å²) in [4.78, 5) is 35.9. The lowest BCUT2D eigenvalue weighted by molar-refractivity contribution is -0.125. The summed E-state index contributed by atoms with van der Waals surface area (Å²) in [6.07, 6.45) is 0.757. The van der Waals surface area contributed by atoms with Gasteiger partial charge in [0.05, 0.1) is 12.6 Å². The lowest BCUT2D eigenvalue weighted by Gasteiger charge is -2.15. The van der Waals surface area contributed by atoms with Crippen LogP contribution in [0, 0.1) is 5.92 Å². The summed E-state index contributed by atoms with van der Waals surface area (Å²) in [5, 5.41) is 8.05. The van der Waals surface area contributed by atoms with E-state index >= 15 is 0 Å². The summed E-state index contributed by atoms with van der Waals surface area (Å²) in [6.45, 7) is 4.05. The molecular formula is C22H28N4O3. The quantitative estimate of drug-likeness (QED) is 0.517. The molecule has 1 atom stereocenters. The minimum absolute atomic E-state index is 0.00977. The molecule has 0 saturated heterocycles. The Morgan fingerprint density at radius 2 is 1.59 bits per heavy atom. The molecule has 2 aromatic carbocycles. The van der Waals surface area contributed by atoms with Gasteiger partial charge in [0.25, 0.3) is 5.91 Å². The Morgan fingerprint density at radius 1 is 0.931 bits per heavy atom. The summed E-state index contributed by atoms with van der Waals surface area (Å²) in [5.41, 5.74) is 7.94. The highest BCUT2D eigenvalue weighted by molar-refractivity contribution is 5.97. The van der Waals surface area contributed by atoms with E-state index in [9.17, 15) is 14.4 Å². The number of anilines is 1. The van der Waals surface area contributed by atoms with Crippen molar-refractivity contribution in [3.63, 3.8) is 0 Å². The molecule has 2 aromatic rings. The molecule has 0 fully saturated rings. The molecule has 0 spiro atoms. The maximum Gasteiger partial charge on any atom is 0.251 e. The van der Waals surface area contributed by atoms with Gasteiger partial charge in [-0.05, 0) is 42.2 Å². The molecule has 0 aliphatic heterocycles. The summed E-state index contributed by atoms with van der Waals surface area (Å²) in [7, 11) is 0. The van der Waals surface area contributed by atoms with Crippen molar-refractivity contribution in [3.05, 3.63) is 65.7 Å². The Hall–Kier alpha value is -3.19. The lowest BCUT2D eigenvalue weighted by atomic mass is 10.1. The van der Waals surface area contributed by atoms with Crippen molar-refractivity contribution < 1.29 is 14.4 Å². The smallest absolute Gasteiger partial charge is 0.251 e. The molecule has 29 heavy (non-hydrogen) atoms. The predicted octanol–water partition coefficient (Wildman–Crippen LogP) is 1.70. The third kappa shape index (κ3) is 7.38. The second-order valence-electron chi connectivity index (χ2n) is 7.10. The maximum absolute atomic E-state index is 12.2. The predicted molar refractivity (Wildman–Crippen MR) is 113 cm³/mol. The van der Waals surface area contributed by atoms with Gasteiger partial charge < -0.3 is 21.7 Å². The van der Waals surface area contributed by atoms with Gasteiger partial charge in [-0.3, -0.25) is 14.4 Å². The van der Waals surface area contributed by atoms with Gasteiger partial charge in [0.15, 0.2) is 0 Å². The van der Waals surface area contributed by atoms with Crippen LogP contribution in [0.15, 0.2) is 54.6 Å².